The standard InChI is InChI=1S/C16H13FN4O2/c1-23-11-7-3-6-10(17)12(11)8-4-2-5-9-13(18)15(16(19)22)21-20-14(8)9/h2-7H,1H3,(H2,18,20)(H2,19,22). The van der Waals surface area contributed by atoms with Crippen LogP contribution in [0.2, 0.25) is 0 Å². The number of anilines is 1. The Labute approximate surface area is 130 Å². The minimum atomic E-state index is -0.772. The summed E-state index contributed by atoms with van der Waals surface area (Å²) in [5.74, 6) is -0.876. The number of hydrogen-bond donors (Lipinski definition) is 2. The Kier molecular flexibility index (Phi) is 3.53. The lowest BCUT2D eigenvalue weighted by Crippen LogP contribution is -2.16. The van der Waals surface area contributed by atoms with Crippen LogP contribution in [0.25, 0.3) is 22.0 Å². The smallest absolute Gasteiger partial charge is 0.271 e. The summed E-state index contributed by atoms with van der Waals surface area (Å²) in [6, 6.07) is 9.56. The molecule has 0 bridgehead atoms. The van der Waals surface area contributed by atoms with Crippen molar-refractivity contribution < 1.29 is 13.9 Å². The van der Waals surface area contributed by atoms with E-state index in [1.165, 1.54) is 13.2 Å². The number of carbonyl (C=O) groups excluding carboxylic acids is 1. The van der Waals surface area contributed by atoms with Gasteiger partial charge < -0.3 is 16.2 Å². The second kappa shape index (κ2) is 5.53. The van der Waals surface area contributed by atoms with Crippen molar-refractivity contribution >= 4 is 22.5 Å². The molecule has 0 fully saturated rings. The van der Waals surface area contributed by atoms with E-state index in [0.717, 1.165) is 0 Å². The Hall–Kier alpha value is -3.22. The molecule has 2 aromatic carbocycles. The van der Waals surface area contributed by atoms with Crippen molar-refractivity contribution in [1.82, 2.24) is 10.2 Å². The van der Waals surface area contributed by atoms with Crippen LogP contribution < -0.4 is 16.2 Å². The zero-order valence-electron chi connectivity index (χ0n) is 12.2. The first-order chi connectivity index (χ1) is 11.0. The number of aromatic nitrogens is 2. The fraction of sp³-hybridized carbons (Fsp3) is 0.0625. The lowest BCUT2D eigenvalue weighted by Gasteiger charge is -2.12. The molecule has 1 heterocycles. The van der Waals surface area contributed by atoms with E-state index < -0.39 is 11.7 Å². The van der Waals surface area contributed by atoms with E-state index in [1.807, 2.05) is 0 Å². The number of primary amides is 1. The van der Waals surface area contributed by atoms with Gasteiger partial charge >= 0.3 is 0 Å². The first-order valence-corrected chi connectivity index (χ1v) is 6.72. The van der Waals surface area contributed by atoms with Gasteiger partial charge in [-0.1, -0.05) is 24.3 Å². The summed E-state index contributed by atoms with van der Waals surface area (Å²) in [7, 11) is 1.45. The average Bonchev–Trinajstić information content (AvgIpc) is 2.54. The number of rotatable bonds is 3. The molecular formula is C16H13FN4O2. The van der Waals surface area contributed by atoms with Gasteiger partial charge in [0, 0.05) is 10.9 Å². The summed E-state index contributed by atoms with van der Waals surface area (Å²) in [5.41, 5.74) is 12.2. The number of amides is 1. The number of nitrogen functional groups attached to an aromatic ring is 1. The van der Waals surface area contributed by atoms with Gasteiger partial charge in [-0.15, -0.1) is 10.2 Å². The maximum absolute atomic E-state index is 14.3. The molecule has 0 saturated heterocycles. The van der Waals surface area contributed by atoms with Gasteiger partial charge in [0.2, 0.25) is 0 Å². The molecular weight excluding hydrogens is 299 g/mol. The van der Waals surface area contributed by atoms with Crippen LogP contribution >= 0.6 is 0 Å². The monoisotopic (exact) mass is 312 g/mol. The van der Waals surface area contributed by atoms with Crippen molar-refractivity contribution in [1.29, 1.82) is 0 Å². The van der Waals surface area contributed by atoms with Crippen LogP contribution in [0.5, 0.6) is 5.75 Å². The number of nitrogens with zero attached hydrogens (tertiary/aromatic N) is 2. The van der Waals surface area contributed by atoms with Crippen molar-refractivity contribution in [3.63, 3.8) is 0 Å². The Morgan fingerprint density at radius 1 is 1.17 bits per heavy atom. The highest BCUT2D eigenvalue weighted by Crippen LogP contribution is 2.37. The van der Waals surface area contributed by atoms with Gasteiger partial charge in [-0.05, 0) is 12.1 Å². The Balaban J connectivity index is 2.37. The zero-order chi connectivity index (χ0) is 16.6. The van der Waals surface area contributed by atoms with Crippen molar-refractivity contribution in [3.8, 4) is 16.9 Å². The third-order valence-electron chi connectivity index (χ3n) is 3.53. The molecule has 0 radical (unpaired) electrons. The highest BCUT2D eigenvalue weighted by Gasteiger charge is 2.18. The van der Waals surface area contributed by atoms with E-state index in [2.05, 4.69) is 10.2 Å². The molecule has 6 nitrogen and oxygen atoms in total. The van der Waals surface area contributed by atoms with Crippen LogP contribution in [0, 0.1) is 5.82 Å². The summed E-state index contributed by atoms with van der Waals surface area (Å²) in [6.07, 6.45) is 0. The molecule has 23 heavy (non-hydrogen) atoms. The first kappa shape index (κ1) is 14.7. The third-order valence-corrected chi connectivity index (χ3v) is 3.53. The summed E-state index contributed by atoms with van der Waals surface area (Å²) < 4.78 is 19.6. The number of ether oxygens (including phenoxy) is 1. The molecule has 4 N–H and O–H groups in total. The second-order valence-corrected chi connectivity index (χ2v) is 4.85. The van der Waals surface area contributed by atoms with Crippen LogP contribution in [0.4, 0.5) is 10.1 Å². The van der Waals surface area contributed by atoms with E-state index in [-0.39, 0.29) is 16.9 Å². The predicted molar refractivity (Wildman–Crippen MR) is 84.4 cm³/mol. The number of benzene rings is 2. The van der Waals surface area contributed by atoms with Crippen LogP contribution in [0.15, 0.2) is 36.4 Å². The normalized spacial score (nSPS) is 10.7. The first-order valence-electron chi connectivity index (χ1n) is 6.72. The van der Waals surface area contributed by atoms with E-state index in [0.29, 0.717) is 22.2 Å². The Morgan fingerprint density at radius 2 is 1.91 bits per heavy atom. The SMILES string of the molecule is COc1cccc(F)c1-c1cccc2c(N)c(C(N)=O)nnc12. The number of hydrogen-bond acceptors (Lipinski definition) is 5. The minimum absolute atomic E-state index is 0.111. The van der Waals surface area contributed by atoms with Gasteiger partial charge in [0.15, 0.2) is 5.69 Å². The summed E-state index contributed by atoms with van der Waals surface area (Å²) >= 11 is 0. The van der Waals surface area contributed by atoms with E-state index in [9.17, 15) is 9.18 Å². The van der Waals surface area contributed by atoms with Crippen LogP contribution in [0.3, 0.4) is 0 Å². The predicted octanol–water partition coefficient (Wildman–Crippen LogP) is 2.13. The summed E-state index contributed by atoms with van der Waals surface area (Å²) in [6.45, 7) is 0. The third kappa shape index (κ3) is 2.32. The molecule has 3 rings (SSSR count). The highest BCUT2D eigenvalue weighted by atomic mass is 19.1. The van der Waals surface area contributed by atoms with Gasteiger partial charge in [0.25, 0.3) is 5.91 Å². The molecule has 0 aliphatic rings. The zero-order valence-corrected chi connectivity index (χ0v) is 12.2. The highest BCUT2D eigenvalue weighted by molar-refractivity contribution is 6.07. The maximum atomic E-state index is 14.3. The van der Waals surface area contributed by atoms with Crippen LogP contribution in [-0.2, 0) is 0 Å². The lowest BCUT2D eigenvalue weighted by molar-refractivity contribution is 0.0996. The van der Waals surface area contributed by atoms with Gasteiger partial charge in [0.05, 0.1) is 18.4 Å². The maximum Gasteiger partial charge on any atom is 0.271 e. The fourth-order valence-electron chi connectivity index (χ4n) is 2.47. The van der Waals surface area contributed by atoms with E-state index in [1.54, 1.807) is 30.3 Å². The number of methoxy groups -OCH3 is 1. The Morgan fingerprint density at radius 3 is 2.61 bits per heavy atom. The van der Waals surface area contributed by atoms with E-state index in [4.69, 9.17) is 16.2 Å². The van der Waals surface area contributed by atoms with Crippen molar-refractivity contribution in [3.05, 3.63) is 47.9 Å². The second-order valence-electron chi connectivity index (χ2n) is 4.85. The topological polar surface area (TPSA) is 104 Å². The van der Waals surface area contributed by atoms with Crippen LogP contribution in [0.1, 0.15) is 10.5 Å². The lowest BCUT2D eigenvalue weighted by atomic mass is 10.00. The molecule has 0 aliphatic heterocycles. The molecule has 0 spiro atoms. The number of carbonyl (C=O) groups is 1. The van der Waals surface area contributed by atoms with E-state index >= 15 is 0 Å². The van der Waals surface area contributed by atoms with Crippen LogP contribution in [-0.4, -0.2) is 23.2 Å². The molecule has 3 aromatic rings. The van der Waals surface area contributed by atoms with Crippen molar-refractivity contribution in [2.75, 3.05) is 12.8 Å². The van der Waals surface area contributed by atoms with Gasteiger partial charge in [0.1, 0.15) is 17.1 Å². The quantitative estimate of drug-likeness (QED) is 0.771. The van der Waals surface area contributed by atoms with Gasteiger partial charge in [-0.2, -0.15) is 0 Å². The average molecular weight is 312 g/mol. The molecule has 0 unspecified atom stereocenters. The molecule has 1 aromatic heterocycles. The minimum Gasteiger partial charge on any atom is -0.496 e. The Bertz CT molecular complexity index is 927. The molecule has 0 saturated carbocycles. The van der Waals surface area contributed by atoms with Gasteiger partial charge in [-0.25, -0.2) is 4.39 Å². The molecule has 116 valence electrons. The molecule has 0 aliphatic carbocycles. The molecule has 7 heteroatoms. The molecule has 0 atom stereocenters. The number of halogens is 1. The summed E-state index contributed by atoms with van der Waals surface area (Å²) in [5, 5.41) is 8.24. The largest absolute Gasteiger partial charge is 0.496 e. The molecule has 1 amide bonds. The van der Waals surface area contributed by atoms with Crippen molar-refractivity contribution in [2.45, 2.75) is 0 Å². The van der Waals surface area contributed by atoms with Gasteiger partial charge in [-0.3, -0.25) is 4.79 Å². The number of nitrogens with two attached hydrogens (primary N) is 2. The fourth-order valence-corrected chi connectivity index (χ4v) is 2.47. The number of fused-ring (bicyclic) bond motifs is 1. The summed E-state index contributed by atoms with van der Waals surface area (Å²) in [4.78, 5) is 11.3. The van der Waals surface area contributed by atoms with Crippen molar-refractivity contribution in [2.24, 2.45) is 5.73 Å².